The lowest BCUT2D eigenvalue weighted by Crippen LogP contribution is -2.45. The summed E-state index contributed by atoms with van der Waals surface area (Å²) in [6, 6.07) is 0. The summed E-state index contributed by atoms with van der Waals surface area (Å²) in [7, 11) is 2.05. The molecule has 1 aliphatic rings. The van der Waals surface area contributed by atoms with Gasteiger partial charge in [0.05, 0.1) is 21.5 Å². The Balaban J connectivity index is 2.05. The first-order valence-corrected chi connectivity index (χ1v) is 8.51. The predicted molar refractivity (Wildman–Crippen MR) is 86.3 cm³/mol. The Morgan fingerprint density at radius 1 is 1.38 bits per heavy atom. The highest BCUT2D eigenvalue weighted by molar-refractivity contribution is 9.10. The third-order valence-corrected chi connectivity index (χ3v) is 5.02. The Kier molecular flexibility index (Phi) is 5.82. The lowest BCUT2D eigenvalue weighted by atomic mass is 9.94. The number of aryl methyl sites for hydroxylation is 2. The van der Waals surface area contributed by atoms with E-state index in [9.17, 15) is 5.11 Å². The van der Waals surface area contributed by atoms with Crippen molar-refractivity contribution in [1.82, 2.24) is 14.7 Å². The zero-order valence-corrected chi connectivity index (χ0v) is 14.8. The molecule has 1 N–H and O–H groups in total. The van der Waals surface area contributed by atoms with Gasteiger partial charge >= 0.3 is 0 Å². The second-order valence-corrected chi connectivity index (χ2v) is 6.68. The molecule has 1 aromatic heterocycles. The van der Waals surface area contributed by atoms with Crippen LogP contribution in [0.2, 0.25) is 0 Å². The van der Waals surface area contributed by atoms with Crippen LogP contribution in [0.3, 0.4) is 0 Å². The first-order valence-electron chi connectivity index (χ1n) is 7.72. The molecule has 21 heavy (non-hydrogen) atoms. The van der Waals surface area contributed by atoms with Gasteiger partial charge in [-0.05, 0) is 36.3 Å². The fourth-order valence-corrected chi connectivity index (χ4v) is 3.58. The number of likely N-dealkylation sites (N-methyl/N-ethyl adjacent to an activating group) is 1. The Labute approximate surface area is 135 Å². The van der Waals surface area contributed by atoms with Gasteiger partial charge in [-0.3, -0.25) is 9.58 Å². The number of aromatic nitrogens is 2. The van der Waals surface area contributed by atoms with Gasteiger partial charge in [-0.1, -0.05) is 6.92 Å². The summed E-state index contributed by atoms with van der Waals surface area (Å²) in [5, 5.41) is 15.2. The quantitative estimate of drug-likeness (QED) is 0.845. The Hall–Kier alpha value is -0.430. The molecule has 120 valence electrons. The average molecular weight is 360 g/mol. The van der Waals surface area contributed by atoms with Gasteiger partial charge in [0.15, 0.2) is 0 Å². The van der Waals surface area contributed by atoms with Crippen molar-refractivity contribution in [3.8, 4) is 0 Å². The summed E-state index contributed by atoms with van der Waals surface area (Å²) in [6.45, 7) is 7.84. The summed E-state index contributed by atoms with van der Waals surface area (Å²) in [6.07, 6.45) is 2.35. The lowest BCUT2D eigenvalue weighted by Gasteiger charge is -2.35. The largest absolute Gasteiger partial charge is 0.388 e. The monoisotopic (exact) mass is 359 g/mol. The molecule has 0 aliphatic carbocycles. The number of nitrogens with zero attached hydrogens (tertiary/aromatic N) is 3. The summed E-state index contributed by atoms with van der Waals surface area (Å²) < 4.78 is 8.50. The second-order valence-electron chi connectivity index (χ2n) is 5.89. The maximum atomic E-state index is 10.6. The molecule has 0 atom stereocenters. The van der Waals surface area contributed by atoms with Crippen molar-refractivity contribution in [2.75, 3.05) is 26.8 Å². The standard InChI is InChI=1S/C15H26BrN3O2/c1-4-12-14(16)13(19(5-2)17-12)10-18(3)11-15(20)6-8-21-9-7-15/h20H,4-11H2,1-3H3. The fourth-order valence-electron chi connectivity index (χ4n) is 2.89. The SMILES string of the molecule is CCc1nn(CC)c(CN(C)CC2(O)CCOCC2)c1Br. The number of aliphatic hydroxyl groups is 1. The van der Waals surface area contributed by atoms with Gasteiger partial charge in [0.1, 0.15) is 0 Å². The third kappa shape index (κ3) is 4.06. The summed E-state index contributed by atoms with van der Waals surface area (Å²) in [4.78, 5) is 2.18. The normalized spacial score (nSPS) is 18.4. The van der Waals surface area contributed by atoms with Crippen LogP contribution in [0.25, 0.3) is 0 Å². The van der Waals surface area contributed by atoms with E-state index in [0.29, 0.717) is 32.6 Å². The molecular formula is C15H26BrN3O2. The maximum absolute atomic E-state index is 10.6. The number of halogens is 1. The van der Waals surface area contributed by atoms with Gasteiger partial charge in [0, 0.05) is 45.7 Å². The summed E-state index contributed by atoms with van der Waals surface area (Å²) in [5.41, 5.74) is 1.67. The number of ether oxygens (including phenoxy) is 1. The minimum absolute atomic E-state index is 0.621. The van der Waals surface area contributed by atoms with Crippen LogP contribution in [0.15, 0.2) is 4.47 Å². The number of hydrogen-bond donors (Lipinski definition) is 1. The van der Waals surface area contributed by atoms with Crippen LogP contribution in [-0.2, 0) is 24.2 Å². The Morgan fingerprint density at radius 3 is 2.62 bits per heavy atom. The van der Waals surface area contributed by atoms with Crippen molar-refractivity contribution in [3.05, 3.63) is 15.9 Å². The van der Waals surface area contributed by atoms with Crippen molar-refractivity contribution in [3.63, 3.8) is 0 Å². The molecule has 1 aliphatic heterocycles. The van der Waals surface area contributed by atoms with Crippen LogP contribution in [0.1, 0.15) is 38.1 Å². The van der Waals surface area contributed by atoms with Gasteiger partial charge in [-0.15, -0.1) is 0 Å². The zero-order chi connectivity index (χ0) is 15.5. The molecule has 2 heterocycles. The van der Waals surface area contributed by atoms with Crippen LogP contribution in [-0.4, -0.2) is 52.2 Å². The van der Waals surface area contributed by atoms with Crippen LogP contribution in [0.4, 0.5) is 0 Å². The van der Waals surface area contributed by atoms with Crippen LogP contribution in [0, 0.1) is 0 Å². The van der Waals surface area contributed by atoms with Crippen molar-refractivity contribution in [2.24, 2.45) is 0 Å². The number of rotatable bonds is 6. The predicted octanol–water partition coefficient (Wildman–Crippen LogP) is 2.20. The second kappa shape index (κ2) is 7.22. The Bertz CT molecular complexity index is 470. The Morgan fingerprint density at radius 2 is 2.05 bits per heavy atom. The molecule has 6 heteroatoms. The zero-order valence-electron chi connectivity index (χ0n) is 13.2. The highest BCUT2D eigenvalue weighted by Crippen LogP contribution is 2.26. The third-order valence-electron chi connectivity index (χ3n) is 4.10. The van der Waals surface area contributed by atoms with Gasteiger partial charge in [0.25, 0.3) is 0 Å². The van der Waals surface area contributed by atoms with E-state index >= 15 is 0 Å². The molecule has 0 unspecified atom stereocenters. The van der Waals surface area contributed by atoms with Crippen molar-refractivity contribution in [2.45, 2.75) is 51.8 Å². The van der Waals surface area contributed by atoms with E-state index in [1.54, 1.807) is 0 Å². The van der Waals surface area contributed by atoms with Gasteiger partial charge in [0.2, 0.25) is 0 Å². The van der Waals surface area contributed by atoms with E-state index in [1.165, 1.54) is 5.69 Å². The van der Waals surface area contributed by atoms with Crippen molar-refractivity contribution in [1.29, 1.82) is 0 Å². The van der Waals surface area contributed by atoms with Gasteiger partial charge < -0.3 is 9.84 Å². The van der Waals surface area contributed by atoms with E-state index in [0.717, 1.165) is 29.7 Å². The van der Waals surface area contributed by atoms with Crippen LogP contribution < -0.4 is 0 Å². The van der Waals surface area contributed by atoms with E-state index < -0.39 is 5.60 Å². The molecule has 1 aromatic rings. The molecule has 1 fully saturated rings. The molecular weight excluding hydrogens is 334 g/mol. The van der Waals surface area contributed by atoms with E-state index in [2.05, 4.69) is 46.8 Å². The molecule has 0 bridgehead atoms. The highest BCUT2D eigenvalue weighted by atomic mass is 79.9. The molecule has 0 aromatic carbocycles. The highest BCUT2D eigenvalue weighted by Gasteiger charge is 2.31. The summed E-state index contributed by atoms with van der Waals surface area (Å²) in [5.74, 6) is 0. The molecule has 2 rings (SSSR count). The molecule has 1 saturated heterocycles. The summed E-state index contributed by atoms with van der Waals surface area (Å²) >= 11 is 3.68. The van der Waals surface area contributed by atoms with Crippen molar-refractivity contribution < 1.29 is 9.84 Å². The van der Waals surface area contributed by atoms with Crippen LogP contribution >= 0.6 is 15.9 Å². The van der Waals surface area contributed by atoms with E-state index in [1.807, 2.05) is 4.68 Å². The van der Waals surface area contributed by atoms with Gasteiger partial charge in [-0.25, -0.2) is 0 Å². The fraction of sp³-hybridized carbons (Fsp3) is 0.800. The van der Waals surface area contributed by atoms with Gasteiger partial charge in [-0.2, -0.15) is 5.10 Å². The molecule has 0 amide bonds. The average Bonchev–Trinajstić information content (AvgIpc) is 2.75. The lowest BCUT2D eigenvalue weighted by molar-refractivity contribution is -0.0779. The topological polar surface area (TPSA) is 50.5 Å². The van der Waals surface area contributed by atoms with Crippen LogP contribution in [0.5, 0.6) is 0 Å². The molecule has 0 saturated carbocycles. The number of hydrogen-bond acceptors (Lipinski definition) is 4. The van der Waals surface area contributed by atoms with E-state index in [4.69, 9.17) is 4.74 Å². The van der Waals surface area contributed by atoms with Crippen molar-refractivity contribution >= 4 is 15.9 Å². The molecule has 0 radical (unpaired) electrons. The first-order chi connectivity index (χ1) is 9.99. The first kappa shape index (κ1) is 16.9. The minimum Gasteiger partial charge on any atom is -0.388 e. The van der Waals surface area contributed by atoms with E-state index in [-0.39, 0.29) is 0 Å². The molecule has 0 spiro atoms. The maximum Gasteiger partial charge on any atom is 0.0817 e. The minimum atomic E-state index is -0.621. The smallest absolute Gasteiger partial charge is 0.0817 e. The molecule has 5 nitrogen and oxygen atoms in total.